The van der Waals surface area contributed by atoms with Crippen molar-refractivity contribution in [2.75, 3.05) is 18.8 Å². The van der Waals surface area contributed by atoms with Gasteiger partial charge in [-0.2, -0.15) is 5.26 Å². The molecule has 1 heterocycles. The molecule has 1 aliphatic rings. The van der Waals surface area contributed by atoms with Crippen LogP contribution in [0.15, 0.2) is 39.3 Å². The molecule has 132 valence electrons. The zero-order valence-electron chi connectivity index (χ0n) is 14.2. The van der Waals surface area contributed by atoms with E-state index in [4.69, 9.17) is 0 Å². The maximum absolute atomic E-state index is 12.2. The lowest BCUT2D eigenvalue weighted by molar-refractivity contribution is -0.128. The van der Waals surface area contributed by atoms with Crippen LogP contribution in [0.3, 0.4) is 0 Å². The van der Waals surface area contributed by atoms with E-state index < -0.39 is 0 Å². The molecule has 0 spiro atoms. The highest BCUT2D eigenvalue weighted by Gasteiger charge is 2.30. The molecule has 25 heavy (non-hydrogen) atoms. The molecule has 0 saturated carbocycles. The monoisotopic (exact) mass is 421 g/mol. The van der Waals surface area contributed by atoms with Crippen molar-refractivity contribution in [3.8, 4) is 6.07 Å². The zero-order chi connectivity index (χ0) is 18.4. The average Bonchev–Trinajstić information content (AvgIpc) is 2.60. The second-order valence-corrected chi connectivity index (χ2v) is 7.47. The van der Waals surface area contributed by atoms with Gasteiger partial charge in [0.15, 0.2) is 0 Å². The van der Waals surface area contributed by atoms with Crippen molar-refractivity contribution in [3.05, 3.63) is 44.9 Å². The third kappa shape index (κ3) is 4.86. The predicted molar refractivity (Wildman–Crippen MR) is 103 cm³/mol. The second-order valence-electron chi connectivity index (χ2n) is 5.57. The van der Waals surface area contributed by atoms with Crippen molar-refractivity contribution >= 4 is 39.5 Å². The zero-order valence-corrected chi connectivity index (χ0v) is 16.6. The molecule has 1 aliphatic heterocycles. The van der Waals surface area contributed by atoms with E-state index in [1.165, 1.54) is 11.8 Å². The lowest BCUT2D eigenvalue weighted by atomic mass is 9.87. The first-order chi connectivity index (χ1) is 12.0. The van der Waals surface area contributed by atoms with Crippen molar-refractivity contribution in [1.82, 2.24) is 10.2 Å². The molecule has 1 aromatic rings. The van der Waals surface area contributed by atoms with Crippen molar-refractivity contribution in [3.63, 3.8) is 0 Å². The molecule has 7 heteroatoms. The Kier molecular flexibility index (Phi) is 7.09. The quantitative estimate of drug-likeness (QED) is 0.763. The van der Waals surface area contributed by atoms with Gasteiger partial charge in [-0.05, 0) is 31.5 Å². The van der Waals surface area contributed by atoms with Gasteiger partial charge in [0.1, 0.15) is 0 Å². The molecule has 0 fully saturated rings. The number of nitrogens with zero attached hydrogens (tertiary/aromatic N) is 2. The van der Waals surface area contributed by atoms with Crippen LogP contribution in [-0.2, 0) is 9.59 Å². The number of carbonyl (C=O) groups is 2. The summed E-state index contributed by atoms with van der Waals surface area (Å²) in [5, 5.41) is 12.9. The smallest absolute Gasteiger partial charge is 0.232 e. The van der Waals surface area contributed by atoms with Crippen LogP contribution in [0.25, 0.3) is 0 Å². The highest BCUT2D eigenvalue weighted by atomic mass is 79.9. The minimum Gasteiger partial charge on any atom is -0.343 e. The molecule has 0 saturated heterocycles. The van der Waals surface area contributed by atoms with Crippen molar-refractivity contribution in [2.24, 2.45) is 0 Å². The lowest BCUT2D eigenvalue weighted by Gasteiger charge is -2.26. The molecule has 0 unspecified atom stereocenters. The fraction of sp³-hybridized carbons (Fsp3) is 0.389. The Labute approximate surface area is 160 Å². The Morgan fingerprint density at radius 3 is 2.76 bits per heavy atom. The molecular formula is C18H20BrN3O2S. The van der Waals surface area contributed by atoms with Gasteiger partial charge in [-0.15, -0.1) is 0 Å². The van der Waals surface area contributed by atoms with E-state index in [-0.39, 0.29) is 29.9 Å². The lowest BCUT2D eigenvalue weighted by Crippen LogP contribution is -2.34. The van der Waals surface area contributed by atoms with Crippen LogP contribution in [0.4, 0.5) is 0 Å². The van der Waals surface area contributed by atoms with Gasteiger partial charge in [0.2, 0.25) is 11.8 Å². The van der Waals surface area contributed by atoms with Gasteiger partial charge < -0.3 is 10.2 Å². The third-order valence-electron chi connectivity index (χ3n) is 4.06. The van der Waals surface area contributed by atoms with Crippen LogP contribution in [-0.4, -0.2) is 35.6 Å². The highest BCUT2D eigenvalue weighted by Crippen LogP contribution is 2.36. The molecule has 0 bridgehead atoms. The van der Waals surface area contributed by atoms with Gasteiger partial charge in [-0.3, -0.25) is 9.59 Å². The van der Waals surface area contributed by atoms with Crippen molar-refractivity contribution in [2.45, 2.75) is 26.2 Å². The Morgan fingerprint density at radius 1 is 1.44 bits per heavy atom. The number of thioether (sulfide) groups is 1. The minimum absolute atomic E-state index is 0.00128. The average molecular weight is 422 g/mol. The van der Waals surface area contributed by atoms with Gasteiger partial charge >= 0.3 is 0 Å². The summed E-state index contributed by atoms with van der Waals surface area (Å²) in [6, 6.07) is 9.85. The minimum atomic E-state index is -0.290. The van der Waals surface area contributed by atoms with E-state index in [9.17, 15) is 14.9 Å². The number of hydrogen-bond donors (Lipinski definition) is 1. The number of hydrogen-bond acceptors (Lipinski definition) is 4. The summed E-state index contributed by atoms with van der Waals surface area (Å²) >= 11 is 4.65. The summed E-state index contributed by atoms with van der Waals surface area (Å²) in [5.74, 6) is -0.226. The van der Waals surface area contributed by atoms with Crippen LogP contribution < -0.4 is 5.32 Å². The van der Waals surface area contributed by atoms with E-state index in [2.05, 4.69) is 27.3 Å². The number of benzene rings is 1. The Balaban J connectivity index is 2.26. The van der Waals surface area contributed by atoms with Gasteiger partial charge in [0, 0.05) is 29.9 Å². The molecular weight excluding hydrogens is 402 g/mol. The van der Waals surface area contributed by atoms with E-state index in [0.29, 0.717) is 23.7 Å². The number of nitriles is 1. The summed E-state index contributed by atoms with van der Waals surface area (Å²) in [7, 11) is 0. The van der Waals surface area contributed by atoms with E-state index in [0.717, 1.165) is 10.0 Å². The molecule has 0 aromatic heterocycles. The summed E-state index contributed by atoms with van der Waals surface area (Å²) in [6.45, 7) is 5.15. The number of halogens is 1. The fourth-order valence-corrected chi connectivity index (χ4v) is 4.14. The molecule has 1 N–H and O–H groups in total. The maximum Gasteiger partial charge on any atom is 0.232 e. The van der Waals surface area contributed by atoms with Gasteiger partial charge in [0.05, 0.1) is 22.4 Å². The third-order valence-corrected chi connectivity index (χ3v) is 5.56. The van der Waals surface area contributed by atoms with Crippen LogP contribution in [0.2, 0.25) is 0 Å². The molecule has 0 radical (unpaired) electrons. The first-order valence-corrected chi connectivity index (χ1v) is 9.88. The maximum atomic E-state index is 12.2. The highest BCUT2D eigenvalue weighted by molar-refractivity contribution is 9.10. The Bertz CT molecular complexity index is 738. The molecule has 0 aliphatic carbocycles. The second kappa shape index (κ2) is 9.07. The van der Waals surface area contributed by atoms with Crippen LogP contribution in [0.5, 0.6) is 0 Å². The SMILES string of the molecule is CCN(CC)C(=O)CSC1=C(C#N)[C@H](c2cccc(Br)c2)CC(=O)N1. The standard InChI is InChI=1S/C18H20BrN3O2S/c1-3-22(4-2)17(24)11-25-18-15(10-20)14(9-16(23)21-18)12-6-5-7-13(19)8-12/h5-8,14H,3-4,9,11H2,1-2H3,(H,21,23)/t14-/m0/s1. The van der Waals surface area contributed by atoms with Crippen LogP contribution in [0, 0.1) is 11.3 Å². The number of carbonyl (C=O) groups excluding carboxylic acids is 2. The molecule has 2 rings (SSSR count). The number of allylic oxidation sites excluding steroid dienone is 1. The Morgan fingerprint density at radius 2 is 2.16 bits per heavy atom. The largest absolute Gasteiger partial charge is 0.343 e. The van der Waals surface area contributed by atoms with E-state index in [1.54, 1.807) is 4.90 Å². The molecule has 1 atom stereocenters. The molecule has 1 aromatic carbocycles. The van der Waals surface area contributed by atoms with Crippen molar-refractivity contribution in [1.29, 1.82) is 5.26 Å². The number of rotatable bonds is 6. The normalized spacial score (nSPS) is 17.0. The number of amides is 2. The summed E-state index contributed by atoms with van der Waals surface area (Å²) in [5.41, 5.74) is 1.42. The van der Waals surface area contributed by atoms with Crippen molar-refractivity contribution < 1.29 is 9.59 Å². The van der Waals surface area contributed by atoms with Crippen LogP contribution >= 0.6 is 27.7 Å². The molecule has 5 nitrogen and oxygen atoms in total. The predicted octanol–water partition coefficient (Wildman–Crippen LogP) is 3.39. The van der Waals surface area contributed by atoms with Crippen LogP contribution in [0.1, 0.15) is 31.7 Å². The van der Waals surface area contributed by atoms with Gasteiger partial charge in [0.25, 0.3) is 0 Å². The summed E-state index contributed by atoms with van der Waals surface area (Å²) in [6.07, 6.45) is 0.230. The topological polar surface area (TPSA) is 73.2 Å². The van der Waals surface area contributed by atoms with E-state index >= 15 is 0 Å². The van der Waals surface area contributed by atoms with E-state index in [1.807, 2.05) is 38.1 Å². The summed E-state index contributed by atoms with van der Waals surface area (Å²) < 4.78 is 0.902. The first kappa shape index (κ1) is 19.5. The van der Waals surface area contributed by atoms with Gasteiger partial charge in [-0.1, -0.05) is 39.8 Å². The molecule has 2 amide bonds. The van der Waals surface area contributed by atoms with Gasteiger partial charge in [-0.25, -0.2) is 0 Å². The first-order valence-electron chi connectivity index (χ1n) is 8.10. The fourth-order valence-electron chi connectivity index (χ4n) is 2.74. The summed E-state index contributed by atoms with van der Waals surface area (Å²) in [4.78, 5) is 26.1. The Hall–Kier alpha value is -1.78. The number of nitrogens with one attached hydrogen (secondary N) is 1.